The van der Waals surface area contributed by atoms with Gasteiger partial charge in [-0.15, -0.1) is 0 Å². The van der Waals surface area contributed by atoms with Gasteiger partial charge < -0.3 is 10.6 Å². The zero-order valence-corrected chi connectivity index (χ0v) is 19.5. The second-order valence-electron chi connectivity index (χ2n) is 7.94. The van der Waals surface area contributed by atoms with Crippen LogP contribution in [0.1, 0.15) is 28.4 Å². The Labute approximate surface area is 203 Å². The smallest absolute Gasteiger partial charge is 0.253 e. The number of benzene rings is 3. The monoisotopic (exact) mass is 472 g/mol. The molecule has 0 unspecified atom stereocenters. The number of nitrogens with one attached hydrogen (secondary N) is 2. The fourth-order valence-corrected chi connectivity index (χ4v) is 3.82. The lowest BCUT2D eigenvalue weighted by Gasteiger charge is -2.14. The van der Waals surface area contributed by atoms with Gasteiger partial charge in [-0.25, -0.2) is 0 Å². The molecule has 4 aromatic rings. The van der Waals surface area contributed by atoms with Crippen molar-refractivity contribution in [1.82, 2.24) is 20.4 Å². The van der Waals surface area contributed by atoms with E-state index in [1.165, 1.54) is 0 Å². The van der Waals surface area contributed by atoms with Crippen molar-refractivity contribution in [2.24, 2.45) is 0 Å². The number of aromatic nitrogens is 2. The van der Waals surface area contributed by atoms with E-state index in [9.17, 15) is 9.59 Å². The summed E-state index contributed by atoms with van der Waals surface area (Å²) in [6, 6.07) is 25.9. The maximum atomic E-state index is 12.7. The number of halogens is 1. The molecule has 2 N–H and O–H groups in total. The Morgan fingerprint density at radius 1 is 0.941 bits per heavy atom. The fraction of sp³-hybridized carbons (Fsp3) is 0.148. The van der Waals surface area contributed by atoms with Gasteiger partial charge in [0, 0.05) is 23.9 Å². The van der Waals surface area contributed by atoms with Crippen LogP contribution in [0.25, 0.3) is 11.3 Å². The summed E-state index contributed by atoms with van der Waals surface area (Å²) in [5.41, 5.74) is 4.14. The molecule has 0 bridgehead atoms. The first-order valence-electron chi connectivity index (χ1n) is 11.0. The summed E-state index contributed by atoms with van der Waals surface area (Å²) in [4.78, 5) is 25.2. The molecule has 0 aliphatic carbocycles. The number of carbonyl (C=O) groups excluding carboxylic acids is 2. The molecule has 0 aliphatic heterocycles. The molecule has 172 valence electrons. The number of rotatable bonds is 8. The van der Waals surface area contributed by atoms with E-state index in [4.69, 9.17) is 16.7 Å². The SMILES string of the molecule is C[C@H](NC(=O)c1ccccc1Cl)C(=O)NCc1cn(Cc2ccccc2)nc1-c1ccccc1. The first-order valence-corrected chi connectivity index (χ1v) is 11.4. The van der Waals surface area contributed by atoms with E-state index in [0.717, 1.165) is 22.4 Å². The molecule has 1 atom stereocenters. The first-order chi connectivity index (χ1) is 16.5. The maximum Gasteiger partial charge on any atom is 0.253 e. The third-order valence-corrected chi connectivity index (χ3v) is 5.71. The average Bonchev–Trinajstić information content (AvgIpc) is 3.26. The molecular formula is C27H25ClN4O2. The second-order valence-corrected chi connectivity index (χ2v) is 8.35. The van der Waals surface area contributed by atoms with E-state index in [1.54, 1.807) is 31.2 Å². The summed E-state index contributed by atoms with van der Waals surface area (Å²) in [5.74, 6) is -0.691. The molecule has 2 amide bonds. The van der Waals surface area contributed by atoms with Gasteiger partial charge in [0.2, 0.25) is 5.91 Å². The van der Waals surface area contributed by atoms with E-state index in [-0.39, 0.29) is 12.5 Å². The Morgan fingerprint density at radius 2 is 1.59 bits per heavy atom. The molecule has 1 aromatic heterocycles. The van der Waals surface area contributed by atoms with E-state index < -0.39 is 11.9 Å². The zero-order chi connectivity index (χ0) is 23.9. The van der Waals surface area contributed by atoms with Crippen LogP contribution in [0.4, 0.5) is 0 Å². The molecule has 0 saturated carbocycles. The molecule has 7 heteroatoms. The molecule has 0 spiro atoms. The Hall–Kier alpha value is -3.90. The minimum absolute atomic E-state index is 0.282. The van der Waals surface area contributed by atoms with Crippen LogP contribution in [0.15, 0.2) is 91.1 Å². The summed E-state index contributed by atoms with van der Waals surface area (Å²) in [6.07, 6.45) is 1.95. The van der Waals surface area contributed by atoms with Crippen molar-refractivity contribution in [2.75, 3.05) is 0 Å². The molecule has 0 saturated heterocycles. The number of hydrogen-bond donors (Lipinski definition) is 2. The summed E-state index contributed by atoms with van der Waals surface area (Å²) in [7, 11) is 0. The Morgan fingerprint density at radius 3 is 2.29 bits per heavy atom. The zero-order valence-electron chi connectivity index (χ0n) is 18.7. The molecule has 0 aliphatic rings. The standard InChI is InChI=1S/C27H25ClN4O2/c1-19(30-27(34)23-14-8-9-15-24(23)28)26(33)29-16-22-18-32(17-20-10-4-2-5-11-20)31-25(22)21-12-6-3-7-13-21/h2-15,18-19H,16-17H2,1H3,(H,29,33)(H,30,34)/t19-/m0/s1. The third-order valence-electron chi connectivity index (χ3n) is 5.38. The maximum absolute atomic E-state index is 12.7. The lowest BCUT2D eigenvalue weighted by atomic mass is 10.1. The summed E-state index contributed by atoms with van der Waals surface area (Å²) < 4.78 is 1.88. The fourth-order valence-electron chi connectivity index (χ4n) is 3.60. The normalized spacial score (nSPS) is 11.6. The van der Waals surface area contributed by atoms with Crippen molar-refractivity contribution in [3.05, 3.63) is 113 Å². The molecule has 3 aromatic carbocycles. The van der Waals surface area contributed by atoms with Crippen LogP contribution in [0.2, 0.25) is 5.02 Å². The molecular weight excluding hydrogens is 448 g/mol. The Balaban J connectivity index is 1.46. The number of carbonyl (C=O) groups is 2. The molecule has 0 radical (unpaired) electrons. The van der Waals surface area contributed by atoms with Crippen molar-refractivity contribution < 1.29 is 9.59 Å². The van der Waals surface area contributed by atoms with Crippen LogP contribution in [0.5, 0.6) is 0 Å². The minimum atomic E-state index is -0.733. The van der Waals surface area contributed by atoms with Crippen LogP contribution in [-0.4, -0.2) is 27.6 Å². The third kappa shape index (κ3) is 5.71. The van der Waals surface area contributed by atoms with E-state index in [2.05, 4.69) is 22.8 Å². The Bertz CT molecular complexity index is 1270. The van der Waals surface area contributed by atoms with Crippen molar-refractivity contribution in [3.8, 4) is 11.3 Å². The largest absolute Gasteiger partial charge is 0.350 e. The summed E-state index contributed by atoms with van der Waals surface area (Å²) >= 11 is 6.09. The first kappa shape index (κ1) is 23.3. The summed E-state index contributed by atoms with van der Waals surface area (Å²) in [5, 5.41) is 10.7. The van der Waals surface area contributed by atoms with Gasteiger partial charge >= 0.3 is 0 Å². The van der Waals surface area contributed by atoms with Crippen LogP contribution in [0.3, 0.4) is 0 Å². The molecule has 6 nitrogen and oxygen atoms in total. The van der Waals surface area contributed by atoms with E-state index >= 15 is 0 Å². The van der Waals surface area contributed by atoms with Gasteiger partial charge in [-0.1, -0.05) is 84.4 Å². The average molecular weight is 473 g/mol. The summed E-state index contributed by atoms with van der Waals surface area (Å²) in [6.45, 7) is 2.55. The predicted octanol–water partition coefficient (Wildman–Crippen LogP) is 4.69. The van der Waals surface area contributed by atoms with E-state index in [0.29, 0.717) is 17.1 Å². The van der Waals surface area contributed by atoms with Crippen molar-refractivity contribution in [3.63, 3.8) is 0 Å². The van der Waals surface area contributed by atoms with Crippen molar-refractivity contribution in [1.29, 1.82) is 0 Å². The highest BCUT2D eigenvalue weighted by Crippen LogP contribution is 2.22. The van der Waals surface area contributed by atoms with E-state index in [1.807, 2.05) is 59.4 Å². The molecule has 0 fully saturated rings. The van der Waals surface area contributed by atoms with Gasteiger partial charge in [0.25, 0.3) is 5.91 Å². The van der Waals surface area contributed by atoms with Gasteiger partial charge in [-0.3, -0.25) is 14.3 Å². The molecule has 1 heterocycles. The quantitative estimate of drug-likeness (QED) is 0.390. The highest BCUT2D eigenvalue weighted by Gasteiger charge is 2.19. The molecule has 4 rings (SSSR count). The second kappa shape index (κ2) is 10.8. The van der Waals surface area contributed by atoms with Gasteiger partial charge in [0.1, 0.15) is 6.04 Å². The van der Waals surface area contributed by atoms with Gasteiger partial charge in [-0.2, -0.15) is 5.10 Å². The highest BCUT2D eigenvalue weighted by atomic mass is 35.5. The van der Waals surface area contributed by atoms with Gasteiger partial charge in [0.05, 0.1) is 22.8 Å². The number of amides is 2. The van der Waals surface area contributed by atoms with Crippen LogP contribution in [-0.2, 0) is 17.9 Å². The highest BCUT2D eigenvalue weighted by molar-refractivity contribution is 6.33. The minimum Gasteiger partial charge on any atom is -0.350 e. The predicted molar refractivity (Wildman–Crippen MR) is 133 cm³/mol. The van der Waals surface area contributed by atoms with Crippen LogP contribution in [0, 0.1) is 0 Å². The lowest BCUT2D eigenvalue weighted by Crippen LogP contribution is -2.44. The van der Waals surface area contributed by atoms with Crippen LogP contribution >= 0.6 is 11.6 Å². The van der Waals surface area contributed by atoms with Gasteiger partial charge in [0.15, 0.2) is 0 Å². The van der Waals surface area contributed by atoms with Crippen molar-refractivity contribution in [2.45, 2.75) is 26.1 Å². The van der Waals surface area contributed by atoms with Crippen molar-refractivity contribution >= 4 is 23.4 Å². The lowest BCUT2D eigenvalue weighted by molar-refractivity contribution is -0.122. The Kier molecular flexibility index (Phi) is 7.40. The number of hydrogen-bond acceptors (Lipinski definition) is 3. The number of nitrogens with zero attached hydrogens (tertiary/aromatic N) is 2. The topological polar surface area (TPSA) is 76.0 Å². The van der Waals surface area contributed by atoms with Gasteiger partial charge in [-0.05, 0) is 24.6 Å². The van der Waals surface area contributed by atoms with Crippen LogP contribution < -0.4 is 10.6 Å². The molecule has 34 heavy (non-hydrogen) atoms.